The van der Waals surface area contributed by atoms with Crippen molar-refractivity contribution in [2.75, 3.05) is 17.7 Å². The fraction of sp³-hybridized carbons (Fsp3) is 0.0476. The number of pyridine rings is 1. The van der Waals surface area contributed by atoms with E-state index in [-0.39, 0.29) is 23.0 Å². The van der Waals surface area contributed by atoms with Gasteiger partial charge < -0.3 is 15.4 Å². The number of nitrogens with one attached hydrogen (secondary N) is 3. The Hall–Kier alpha value is -3.76. The molecule has 32 heavy (non-hydrogen) atoms. The number of thiazole rings is 1. The zero-order valence-electron chi connectivity index (χ0n) is 16.5. The van der Waals surface area contributed by atoms with Gasteiger partial charge in [-0.1, -0.05) is 22.9 Å². The van der Waals surface area contributed by atoms with E-state index in [1.807, 2.05) is 0 Å². The van der Waals surface area contributed by atoms with E-state index in [4.69, 9.17) is 16.3 Å². The number of aromatic nitrogens is 2. The van der Waals surface area contributed by atoms with Crippen LogP contribution in [0.3, 0.4) is 0 Å². The van der Waals surface area contributed by atoms with E-state index >= 15 is 0 Å². The van der Waals surface area contributed by atoms with Crippen molar-refractivity contribution in [1.82, 2.24) is 15.3 Å². The topological polar surface area (TPSA) is 105 Å². The van der Waals surface area contributed by atoms with Crippen molar-refractivity contribution >= 4 is 55.9 Å². The molecule has 0 spiro atoms. The molecule has 4 aromatic rings. The third kappa shape index (κ3) is 4.93. The van der Waals surface area contributed by atoms with E-state index in [1.165, 1.54) is 48.8 Å². The lowest BCUT2D eigenvalue weighted by molar-refractivity contribution is 0.0958. The van der Waals surface area contributed by atoms with Crippen LogP contribution < -0.4 is 20.7 Å². The Morgan fingerprint density at radius 3 is 2.66 bits per heavy atom. The van der Waals surface area contributed by atoms with Crippen molar-refractivity contribution in [3.05, 3.63) is 71.3 Å². The Balaban J connectivity index is 1.42. The highest BCUT2D eigenvalue weighted by Gasteiger charge is 2.12. The number of carbonyl (C=O) groups excluding carboxylic acids is 2. The van der Waals surface area contributed by atoms with Gasteiger partial charge in [-0.3, -0.25) is 15.1 Å². The molecule has 2 aromatic heterocycles. The molecule has 0 unspecified atom stereocenters. The summed E-state index contributed by atoms with van der Waals surface area (Å²) in [6.45, 7) is 0. The van der Waals surface area contributed by atoms with Gasteiger partial charge in [0.1, 0.15) is 23.0 Å². The normalized spacial score (nSPS) is 10.6. The molecule has 0 radical (unpaired) electrons. The van der Waals surface area contributed by atoms with Gasteiger partial charge in [-0.25, -0.2) is 14.2 Å². The molecule has 0 aliphatic carbocycles. The zero-order valence-corrected chi connectivity index (χ0v) is 18.1. The largest absolute Gasteiger partial charge is 0.457 e. The van der Waals surface area contributed by atoms with Crippen LogP contribution in [0.1, 0.15) is 10.5 Å². The number of ether oxygens (including phenoxy) is 1. The van der Waals surface area contributed by atoms with Crippen molar-refractivity contribution < 1.29 is 18.7 Å². The molecule has 3 N–H and O–H groups in total. The number of benzene rings is 2. The van der Waals surface area contributed by atoms with E-state index in [9.17, 15) is 14.0 Å². The lowest BCUT2D eigenvalue weighted by Crippen LogP contribution is -2.20. The molecule has 2 aromatic carbocycles. The molecule has 0 fully saturated rings. The molecule has 2 heterocycles. The van der Waals surface area contributed by atoms with Crippen LogP contribution in [-0.4, -0.2) is 29.0 Å². The highest BCUT2D eigenvalue weighted by molar-refractivity contribution is 7.22. The third-order valence-electron chi connectivity index (χ3n) is 4.19. The number of rotatable bonds is 5. The van der Waals surface area contributed by atoms with Crippen LogP contribution in [-0.2, 0) is 0 Å². The summed E-state index contributed by atoms with van der Waals surface area (Å²) in [5.74, 6) is -0.573. The molecule has 0 aliphatic heterocycles. The summed E-state index contributed by atoms with van der Waals surface area (Å²) in [5, 5.41) is 8.39. The maximum atomic E-state index is 14.5. The fourth-order valence-electron chi connectivity index (χ4n) is 2.73. The van der Waals surface area contributed by atoms with Gasteiger partial charge in [0.2, 0.25) is 0 Å². The summed E-state index contributed by atoms with van der Waals surface area (Å²) in [5.41, 5.74) is 0.815. The third-order valence-corrected chi connectivity index (χ3v) is 5.36. The molecule has 3 amide bonds. The van der Waals surface area contributed by atoms with Gasteiger partial charge in [-0.15, -0.1) is 0 Å². The fourth-order valence-corrected chi connectivity index (χ4v) is 3.86. The number of halogens is 2. The summed E-state index contributed by atoms with van der Waals surface area (Å²) in [7, 11) is 1.49. The zero-order chi connectivity index (χ0) is 22.7. The van der Waals surface area contributed by atoms with Crippen molar-refractivity contribution in [1.29, 1.82) is 0 Å². The molecule has 0 aliphatic rings. The summed E-state index contributed by atoms with van der Waals surface area (Å²) >= 11 is 7.20. The average Bonchev–Trinajstić information content (AvgIpc) is 3.16. The lowest BCUT2D eigenvalue weighted by Gasteiger charge is -2.10. The summed E-state index contributed by atoms with van der Waals surface area (Å²) in [6, 6.07) is 11.5. The van der Waals surface area contributed by atoms with Crippen molar-refractivity contribution in [2.24, 2.45) is 0 Å². The van der Waals surface area contributed by atoms with E-state index in [0.717, 1.165) is 10.8 Å². The van der Waals surface area contributed by atoms with E-state index in [2.05, 4.69) is 25.9 Å². The van der Waals surface area contributed by atoms with Crippen molar-refractivity contribution in [3.63, 3.8) is 0 Å². The summed E-state index contributed by atoms with van der Waals surface area (Å²) in [6.07, 6.45) is 1.41. The second kappa shape index (κ2) is 9.16. The van der Waals surface area contributed by atoms with Crippen LogP contribution in [0.5, 0.6) is 11.5 Å². The van der Waals surface area contributed by atoms with Crippen molar-refractivity contribution in [3.8, 4) is 11.5 Å². The van der Waals surface area contributed by atoms with Crippen LogP contribution in [0.2, 0.25) is 5.02 Å². The predicted octanol–water partition coefficient (Wildman–Crippen LogP) is 5.28. The first-order valence-corrected chi connectivity index (χ1v) is 10.4. The van der Waals surface area contributed by atoms with Crippen LogP contribution in [0.15, 0.2) is 54.7 Å². The minimum Gasteiger partial charge on any atom is -0.457 e. The minimum atomic E-state index is -0.700. The number of urea groups is 1. The van der Waals surface area contributed by atoms with Gasteiger partial charge in [0.05, 0.1) is 15.9 Å². The van der Waals surface area contributed by atoms with Crippen LogP contribution in [0.4, 0.5) is 20.0 Å². The van der Waals surface area contributed by atoms with Crippen LogP contribution >= 0.6 is 22.9 Å². The number of hydrogen-bond acceptors (Lipinski definition) is 6. The summed E-state index contributed by atoms with van der Waals surface area (Å²) < 4.78 is 20.9. The van der Waals surface area contributed by atoms with Gasteiger partial charge >= 0.3 is 6.03 Å². The van der Waals surface area contributed by atoms with Crippen LogP contribution in [0, 0.1) is 5.82 Å². The molecular formula is C21H15ClFN5O3S. The number of anilines is 2. The maximum Gasteiger partial charge on any atom is 0.325 e. The van der Waals surface area contributed by atoms with Gasteiger partial charge in [-0.05, 0) is 36.4 Å². The monoisotopic (exact) mass is 471 g/mol. The second-order valence-electron chi connectivity index (χ2n) is 6.41. The highest BCUT2D eigenvalue weighted by atomic mass is 35.5. The average molecular weight is 472 g/mol. The van der Waals surface area contributed by atoms with Crippen molar-refractivity contribution in [2.45, 2.75) is 0 Å². The molecule has 0 bridgehead atoms. The Bertz CT molecular complexity index is 1330. The number of fused-ring (bicyclic) bond motifs is 1. The number of amides is 3. The molecule has 0 saturated heterocycles. The van der Waals surface area contributed by atoms with Gasteiger partial charge in [0.25, 0.3) is 5.91 Å². The number of nitrogens with zero attached hydrogens (tertiary/aromatic N) is 2. The smallest absolute Gasteiger partial charge is 0.325 e. The summed E-state index contributed by atoms with van der Waals surface area (Å²) in [4.78, 5) is 32.2. The molecule has 162 valence electrons. The molecule has 8 nitrogen and oxygen atoms in total. The Labute approximate surface area is 190 Å². The first-order valence-electron chi connectivity index (χ1n) is 9.21. The van der Waals surface area contributed by atoms with Gasteiger partial charge in [-0.2, -0.15) is 0 Å². The molecule has 11 heteroatoms. The quantitative estimate of drug-likeness (QED) is 0.367. The first kappa shape index (κ1) is 21.5. The number of carbonyl (C=O) groups is 2. The predicted molar refractivity (Wildman–Crippen MR) is 121 cm³/mol. The van der Waals surface area contributed by atoms with E-state index in [0.29, 0.717) is 21.4 Å². The highest BCUT2D eigenvalue weighted by Crippen LogP contribution is 2.29. The van der Waals surface area contributed by atoms with E-state index < -0.39 is 11.8 Å². The lowest BCUT2D eigenvalue weighted by atomic mass is 10.2. The van der Waals surface area contributed by atoms with Gasteiger partial charge in [0, 0.05) is 30.4 Å². The first-order chi connectivity index (χ1) is 15.4. The maximum absolute atomic E-state index is 14.5. The van der Waals surface area contributed by atoms with Crippen LogP contribution in [0.25, 0.3) is 10.2 Å². The Kier molecular flexibility index (Phi) is 6.15. The van der Waals surface area contributed by atoms with E-state index in [1.54, 1.807) is 18.2 Å². The molecule has 0 saturated carbocycles. The number of hydrogen-bond donors (Lipinski definition) is 3. The Morgan fingerprint density at radius 2 is 1.88 bits per heavy atom. The standard InChI is InChI=1S/C21H15ClFN5O3S/c1-24-19(29)17-10-13(6-7-25-17)31-12-3-5-15(14(23)9-12)26-20(30)28-21-27-16-4-2-11(22)8-18(16)32-21/h2-10H,1H3,(H,24,29)(H2,26,27,28,30). The minimum absolute atomic E-state index is 0.0419. The molecule has 0 atom stereocenters. The van der Waals surface area contributed by atoms with Gasteiger partial charge in [0.15, 0.2) is 5.13 Å². The molecular weight excluding hydrogens is 457 g/mol. The SMILES string of the molecule is CNC(=O)c1cc(Oc2ccc(NC(=O)Nc3nc4ccc(Cl)cc4s3)c(F)c2)ccn1. The molecule has 4 rings (SSSR count). The Morgan fingerprint density at radius 1 is 1.06 bits per heavy atom. The second-order valence-corrected chi connectivity index (χ2v) is 7.88.